The molecule has 6 rings (SSSR count). The van der Waals surface area contributed by atoms with E-state index < -0.39 is 8.07 Å². The number of benzene rings is 4. The molecule has 0 atom stereocenters. The number of fused-ring (bicyclic) bond motifs is 2. The molecule has 0 spiro atoms. The van der Waals surface area contributed by atoms with Crippen LogP contribution in [-0.2, 0) is 5.41 Å². The average Bonchev–Trinajstić information content (AvgIpc) is 3.18. The third-order valence-electron chi connectivity index (χ3n) is 7.89. The number of allylic oxidation sites excluding steroid dienone is 1. The van der Waals surface area contributed by atoms with Gasteiger partial charge in [0.1, 0.15) is 0 Å². The maximum Gasteiger partial charge on any atom is 0.0780 e. The molecule has 0 saturated heterocycles. The summed E-state index contributed by atoms with van der Waals surface area (Å²) in [5, 5.41) is 3.97. The maximum atomic E-state index is 4.95. The molecule has 0 aliphatic heterocycles. The van der Waals surface area contributed by atoms with E-state index in [0.29, 0.717) is 0 Å². The van der Waals surface area contributed by atoms with Crippen molar-refractivity contribution >= 4 is 35.7 Å². The molecule has 5 aromatic rings. The highest BCUT2D eigenvalue weighted by molar-refractivity contribution is 6.88. The highest BCUT2D eigenvalue weighted by atomic mass is 28.3. The molecular formula is C35H33NSi. The van der Waals surface area contributed by atoms with Gasteiger partial charge in [-0.1, -0.05) is 118 Å². The van der Waals surface area contributed by atoms with Gasteiger partial charge in [0.05, 0.1) is 13.8 Å². The van der Waals surface area contributed by atoms with Gasteiger partial charge in [0, 0.05) is 22.6 Å². The average molecular weight is 496 g/mol. The Bertz CT molecular complexity index is 1660. The lowest BCUT2D eigenvalue weighted by Crippen LogP contribution is -2.37. The molecule has 0 N–H and O–H groups in total. The Morgan fingerprint density at radius 2 is 1.35 bits per heavy atom. The first-order valence-electron chi connectivity index (χ1n) is 13.1. The largest absolute Gasteiger partial charge is 0.256 e. The van der Waals surface area contributed by atoms with Crippen LogP contribution in [0.5, 0.6) is 0 Å². The second-order valence-corrected chi connectivity index (χ2v) is 16.8. The van der Waals surface area contributed by atoms with Crippen molar-refractivity contribution in [1.29, 1.82) is 0 Å². The van der Waals surface area contributed by atoms with Crippen molar-refractivity contribution in [3.63, 3.8) is 0 Å². The van der Waals surface area contributed by atoms with E-state index in [1.807, 2.05) is 6.20 Å². The summed E-state index contributed by atoms with van der Waals surface area (Å²) in [5.41, 5.74) is 9.96. The van der Waals surface area contributed by atoms with Gasteiger partial charge in [0.25, 0.3) is 0 Å². The van der Waals surface area contributed by atoms with Crippen LogP contribution in [0.15, 0.2) is 103 Å². The van der Waals surface area contributed by atoms with Gasteiger partial charge in [-0.25, -0.2) is 0 Å². The molecule has 4 aromatic carbocycles. The van der Waals surface area contributed by atoms with E-state index in [4.69, 9.17) is 4.98 Å². The standard InChI is InChI=1S/C35H33NSi/c1-35(2)32(25-14-10-7-11-15-25)23-31-30(24-12-8-6-9-13-24)21-27(22-33(31)35)34-29-17-16-28(37(3,4)5)20-26(29)18-19-36-34/h6-23H,1-5H3. The lowest BCUT2D eigenvalue weighted by molar-refractivity contribution is 0.704. The summed E-state index contributed by atoms with van der Waals surface area (Å²) in [6.45, 7) is 11.9. The number of hydrogen-bond donors (Lipinski definition) is 0. The molecule has 37 heavy (non-hydrogen) atoms. The van der Waals surface area contributed by atoms with Gasteiger partial charge in [-0.15, -0.1) is 0 Å². The van der Waals surface area contributed by atoms with Crippen LogP contribution >= 0.6 is 0 Å². The topological polar surface area (TPSA) is 12.9 Å². The van der Waals surface area contributed by atoms with Crippen molar-refractivity contribution in [3.8, 4) is 22.4 Å². The fourth-order valence-electron chi connectivity index (χ4n) is 5.73. The summed E-state index contributed by atoms with van der Waals surface area (Å²) in [5.74, 6) is 0. The molecule has 1 nitrogen and oxygen atoms in total. The predicted molar refractivity (Wildman–Crippen MR) is 163 cm³/mol. The Labute approximate surface area is 221 Å². The number of rotatable bonds is 4. The van der Waals surface area contributed by atoms with Gasteiger partial charge in [-0.3, -0.25) is 4.98 Å². The minimum absolute atomic E-state index is 0.119. The minimum Gasteiger partial charge on any atom is -0.256 e. The summed E-state index contributed by atoms with van der Waals surface area (Å²) in [4.78, 5) is 4.95. The van der Waals surface area contributed by atoms with Crippen molar-refractivity contribution in [2.24, 2.45) is 0 Å². The van der Waals surface area contributed by atoms with Crippen LogP contribution in [0, 0.1) is 0 Å². The molecule has 0 fully saturated rings. The third kappa shape index (κ3) is 4.06. The summed E-state index contributed by atoms with van der Waals surface area (Å²) >= 11 is 0. The molecule has 1 heterocycles. The lowest BCUT2D eigenvalue weighted by Gasteiger charge is -2.26. The van der Waals surface area contributed by atoms with Gasteiger partial charge in [-0.05, 0) is 63.1 Å². The van der Waals surface area contributed by atoms with Crippen LogP contribution < -0.4 is 5.19 Å². The van der Waals surface area contributed by atoms with E-state index in [1.165, 1.54) is 54.9 Å². The Morgan fingerprint density at radius 1 is 0.676 bits per heavy atom. The van der Waals surface area contributed by atoms with Crippen molar-refractivity contribution in [3.05, 3.63) is 120 Å². The van der Waals surface area contributed by atoms with Crippen LogP contribution in [0.3, 0.4) is 0 Å². The first kappa shape index (κ1) is 23.6. The zero-order valence-electron chi connectivity index (χ0n) is 22.3. The molecule has 1 aromatic heterocycles. The van der Waals surface area contributed by atoms with E-state index in [1.54, 1.807) is 0 Å². The quantitative estimate of drug-likeness (QED) is 0.227. The summed E-state index contributed by atoms with van der Waals surface area (Å²) < 4.78 is 0. The maximum absolute atomic E-state index is 4.95. The zero-order valence-corrected chi connectivity index (χ0v) is 23.3. The molecule has 0 bridgehead atoms. The van der Waals surface area contributed by atoms with Crippen LogP contribution in [0.4, 0.5) is 0 Å². The van der Waals surface area contributed by atoms with Crippen molar-refractivity contribution in [1.82, 2.24) is 4.98 Å². The smallest absolute Gasteiger partial charge is 0.0780 e. The molecule has 0 unspecified atom stereocenters. The molecule has 0 radical (unpaired) electrons. The fraction of sp³-hybridized carbons (Fsp3) is 0.171. The van der Waals surface area contributed by atoms with Gasteiger partial charge in [0.15, 0.2) is 0 Å². The van der Waals surface area contributed by atoms with Gasteiger partial charge in [0.2, 0.25) is 0 Å². The zero-order chi connectivity index (χ0) is 25.8. The Balaban J connectivity index is 1.60. The molecule has 1 aliphatic carbocycles. The van der Waals surface area contributed by atoms with E-state index >= 15 is 0 Å². The molecule has 1 aliphatic rings. The van der Waals surface area contributed by atoms with Gasteiger partial charge < -0.3 is 0 Å². The van der Waals surface area contributed by atoms with Crippen molar-refractivity contribution in [2.45, 2.75) is 38.9 Å². The normalized spacial score (nSPS) is 14.5. The summed E-state index contributed by atoms with van der Waals surface area (Å²) in [7, 11) is -1.40. The van der Waals surface area contributed by atoms with Crippen molar-refractivity contribution < 1.29 is 0 Å². The second kappa shape index (κ2) is 8.67. The minimum atomic E-state index is -1.40. The first-order chi connectivity index (χ1) is 17.7. The van der Waals surface area contributed by atoms with E-state index in [9.17, 15) is 0 Å². The molecule has 0 saturated carbocycles. The highest BCUT2D eigenvalue weighted by Gasteiger charge is 2.35. The molecular weight excluding hydrogens is 462 g/mol. The van der Waals surface area contributed by atoms with Crippen LogP contribution in [0.1, 0.15) is 30.5 Å². The van der Waals surface area contributed by atoms with Crippen LogP contribution in [0.25, 0.3) is 44.8 Å². The van der Waals surface area contributed by atoms with Crippen molar-refractivity contribution in [2.75, 3.05) is 0 Å². The van der Waals surface area contributed by atoms with E-state index in [0.717, 1.165) is 5.69 Å². The Hall–Kier alpha value is -3.75. The SMILES string of the molecule is CC1(C)C(c2ccccc2)=Cc2c(-c3ccccc3)cc(-c3nccc4cc([Si](C)(C)C)ccc34)cc21. The third-order valence-corrected chi connectivity index (χ3v) is 9.93. The van der Waals surface area contributed by atoms with E-state index in [2.05, 4.69) is 137 Å². The predicted octanol–water partition coefficient (Wildman–Crippen LogP) is 8.95. The van der Waals surface area contributed by atoms with Crippen LogP contribution in [-0.4, -0.2) is 13.1 Å². The Kier molecular flexibility index (Phi) is 5.54. The van der Waals surface area contributed by atoms with Gasteiger partial charge >= 0.3 is 0 Å². The van der Waals surface area contributed by atoms with Crippen LogP contribution in [0.2, 0.25) is 19.6 Å². The number of pyridine rings is 1. The summed E-state index contributed by atoms with van der Waals surface area (Å²) in [6, 6.07) is 35.5. The fourth-order valence-corrected chi connectivity index (χ4v) is 6.90. The first-order valence-corrected chi connectivity index (χ1v) is 16.6. The molecule has 2 heteroatoms. The number of nitrogens with zero attached hydrogens (tertiary/aromatic N) is 1. The summed E-state index contributed by atoms with van der Waals surface area (Å²) in [6.07, 6.45) is 4.38. The van der Waals surface area contributed by atoms with Gasteiger partial charge in [-0.2, -0.15) is 0 Å². The Morgan fingerprint density at radius 3 is 2.03 bits per heavy atom. The monoisotopic (exact) mass is 495 g/mol. The number of hydrogen-bond acceptors (Lipinski definition) is 1. The molecule has 182 valence electrons. The van der Waals surface area contributed by atoms with E-state index in [-0.39, 0.29) is 5.41 Å². The lowest BCUT2D eigenvalue weighted by atomic mass is 9.77. The number of aromatic nitrogens is 1. The highest BCUT2D eigenvalue weighted by Crippen LogP contribution is 2.50. The molecule has 0 amide bonds. The second-order valence-electron chi connectivity index (χ2n) is 11.7.